The highest BCUT2D eigenvalue weighted by atomic mass is 32.2. The van der Waals surface area contributed by atoms with Crippen LogP contribution in [0.3, 0.4) is 0 Å². The van der Waals surface area contributed by atoms with Crippen LogP contribution in [-0.2, 0) is 14.8 Å². The highest BCUT2D eigenvalue weighted by molar-refractivity contribution is 7.89. The van der Waals surface area contributed by atoms with E-state index in [9.17, 15) is 18.3 Å². The minimum absolute atomic E-state index is 0.0334. The van der Waals surface area contributed by atoms with Crippen molar-refractivity contribution in [2.24, 2.45) is 0 Å². The molecule has 26 heavy (non-hydrogen) atoms. The van der Waals surface area contributed by atoms with Gasteiger partial charge in [-0.15, -0.1) is 0 Å². The lowest BCUT2D eigenvalue weighted by Gasteiger charge is -2.13. The first kappa shape index (κ1) is 19.9. The molecule has 0 aliphatic heterocycles. The number of carbonyl (C=O) groups excluding carboxylic acids is 1. The molecule has 0 aromatic heterocycles. The first-order chi connectivity index (χ1) is 12.2. The van der Waals surface area contributed by atoms with Gasteiger partial charge in [0.1, 0.15) is 5.75 Å². The van der Waals surface area contributed by atoms with Crippen molar-refractivity contribution in [3.8, 4) is 5.75 Å². The number of phenolic OH excluding ortho intramolecular Hbond substituents is 1. The van der Waals surface area contributed by atoms with Gasteiger partial charge in [-0.1, -0.05) is 6.07 Å². The fourth-order valence-corrected chi connectivity index (χ4v) is 3.57. The summed E-state index contributed by atoms with van der Waals surface area (Å²) in [5.74, 6) is -0.484. The zero-order valence-corrected chi connectivity index (χ0v) is 15.6. The largest absolute Gasteiger partial charge is 0.506 e. The number of carbonyl (C=O) groups is 1. The van der Waals surface area contributed by atoms with E-state index in [1.54, 1.807) is 19.1 Å². The Balaban J connectivity index is 2.12. The van der Waals surface area contributed by atoms with E-state index >= 15 is 0 Å². The molecule has 7 nitrogen and oxygen atoms in total. The quantitative estimate of drug-likeness (QED) is 0.641. The maximum atomic E-state index is 12.3. The third-order valence-corrected chi connectivity index (χ3v) is 5.21. The molecule has 0 radical (unpaired) electrons. The number of benzene rings is 2. The Morgan fingerprint density at radius 3 is 2.42 bits per heavy atom. The van der Waals surface area contributed by atoms with Gasteiger partial charge in [-0.2, -0.15) is 0 Å². The minimum atomic E-state index is -3.70. The number of anilines is 1. The van der Waals surface area contributed by atoms with Gasteiger partial charge >= 0.3 is 0 Å². The van der Waals surface area contributed by atoms with Crippen molar-refractivity contribution in [3.63, 3.8) is 0 Å². The molecule has 0 aliphatic carbocycles. The molecule has 8 heteroatoms. The molecule has 0 fully saturated rings. The average molecular weight is 378 g/mol. The van der Waals surface area contributed by atoms with Gasteiger partial charge in [0.15, 0.2) is 0 Å². The third kappa shape index (κ3) is 5.04. The molecule has 2 rings (SSSR count). The number of sulfonamides is 1. The average Bonchev–Trinajstić information content (AvgIpc) is 2.57. The SMILES string of the molecule is COC[C@H](C)NS(=O)(=O)c1ccc(C(=O)Nc2ccc(C)cc2O)cc1. The summed E-state index contributed by atoms with van der Waals surface area (Å²) in [7, 11) is -2.21. The van der Waals surface area contributed by atoms with Crippen LogP contribution in [-0.4, -0.2) is 39.2 Å². The summed E-state index contributed by atoms with van der Waals surface area (Å²) < 4.78 is 31.9. The Morgan fingerprint density at radius 1 is 1.19 bits per heavy atom. The zero-order chi connectivity index (χ0) is 19.3. The van der Waals surface area contributed by atoms with Gasteiger partial charge in [0, 0.05) is 18.7 Å². The highest BCUT2D eigenvalue weighted by Crippen LogP contribution is 2.24. The van der Waals surface area contributed by atoms with Crippen molar-refractivity contribution in [2.45, 2.75) is 24.8 Å². The number of nitrogens with one attached hydrogen (secondary N) is 2. The number of ether oxygens (including phenoxy) is 1. The van der Waals surface area contributed by atoms with E-state index in [0.29, 0.717) is 0 Å². The summed E-state index contributed by atoms with van der Waals surface area (Å²) in [6, 6.07) is 10.1. The molecule has 0 spiro atoms. The molecule has 3 N–H and O–H groups in total. The summed E-state index contributed by atoms with van der Waals surface area (Å²) in [6.45, 7) is 3.77. The van der Waals surface area contributed by atoms with E-state index in [-0.39, 0.29) is 34.5 Å². The highest BCUT2D eigenvalue weighted by Gasteiger charge is 2.18. The number of hydrogen-bond acceptors (Lipinski definition) is 5. The number of aromatic hydroxyl groups is 1. The van der Waals surface area contributed by atoms with E-state index in [0.717, 1.165) is 5.56 Å². The molecule has 0 heterocycles. The molecule has 2 aromatic carbocycles. The molecule has 2 aromatic rings. The van der Waals surface area contributed by atoms with Crippen LogP contribution < -0.4 is 10.0 Å². The van der Waals surface area contributed by atoms with Gasteiger partial charge in [-0.05, 0) is 55.8 Å². The minimum Gasteiger partial charge on any atom is -0.506 e. The number of rotatable bonds is 7. The van der Waals surface area contributed by atoms with E-state index in [1.165, 1.54) is 37.4 Å². The molecule has 0 saturated carbocycles. The summed E-state index contributed by atoms with van der Waals surface area (Å²) in [4.78, 5) is 12.3. The Bertz CT molecular complexity index is 879. The molecule has 0 aliphatic rings. The Labute approximate surface area is 153 Å². The maximum Gasteiger partial charge on any atom is 0.255 e. The van der Waals surface area contributed by atoms with Crippen LogP contribution in [0.25, 0.3) is 0 Å². The van der Waals surface area contributed by atoms with Gasteiger partial charge < -0.3 is 15.2 Å². The zero-order valence-electron chi connectivity index (χ0n) is 14.8. The lowest BCUT2D eigenvalue weighted by atomic mass is 10.2. The fraction of sp³-hybridized carbons (Fsp3) is 0.278. The van der Waals surface area contributed by atoms with Gasteiger partial charge in [-0.25, -0.2) is 13.1 Å². The van der Waals surface area contributed by atoms with Gasteiger partial charge in [-0.3, -0.25) is 4.79 Å². The van der Waals surface area contributed by atoms with Crippen LogP contribution in [0.1, 0.15) is 22.8 Å². The molecule has 0 bridgehead atoms. The van der Waals surface area contributed by atoms with Crippen molar-refractivity contribution in [2.75, 3.05) is 19.0 Å². The van der Waals surface area contributed by atoms with Crippen molar-refractivity contribution in [1.29, 1.82) is 0 Å². The first-order valence-corrected chi connectivity index (χ1v) is 9.43. The van der Waals surface area contributed by atoms with E-state index in [4.69, 9.17) is 4.74 Å². The summed E-state index contributed by atoms with van der Waals surface area (Å²) >= 11 is 0. The van der Waals surface area contributed by atoms with Crippen LogP contribution in [0.15, 0.2) is 47.4 Å². The molecular formula is C18H22N2O5S. The second-order valence-electron chi connectivity index (χ2n) is 5.98. The van der Waals surface area contributed by atoms with Crippen LogP contribution in [0, 0.1) is 6.92 Å². The van der Waals surface area contributed by atoms with Crippen molar-refractivity contribution >= 4 is 21.6 Å². The molecule has 140 valence electrons. The molecule has 1 amide bonds. The smallest absolute Gasteiger partial charge is 0.255 e. The standard InChI is InChI=1S/C18H22N2O5S/c1-12-4-9-16(17(21)10-12)19-18(22)14-5-7-15(8-6-14)26(23,24)20-13(2)11-25-3/h4-10,13,20-21H,11H2,1-3H3,(H,19,22)/t13-/m0/s1. The number of amides is 1. The van der Waals surface area contributed by atoms with Gasteiger partial charge in [0.05, 0.1) is 17.2 Å². The van der Waals surface area contributed by atoms with E-state index in [1.807, 2.05) is 6.92 Å². The molecule has 1 atom stereocenters. The predicted molar refractivity (Wildman–Crippen MR) is 98.9 cm³/mol. The topological polar surface area (TPSA) is 105 Å². The van der Waals surface area contributed by atoms with Crippen LogP contribution >= 0.6 is 0 Å². The lowest BCUT2D eigenvalue weighted by molar-refractivity contribution is 0.102. The summed E-state index contributed by atoms with van der Waals surface area (Å²) in [6.07, 6.45) is 0. The van der Waals surface area contributed by atoms with E-state index in [2.05, 4.69) is 10.0 Å². The maximum absolute atomic E-state index is 12.3. The first-order valence-electron chi connectivity index (χ1n) is 7.95. The molecule has 0 saturated heterocycles. The number of phenols is 1. The van der Waals surface area contributed by atoms with Crippen molar-refractivity contribution in [3.05, 3.63) is 53.6 Å². The van der Waals surface area contributed by atoms with Crippen LogP contribution in [0.4, 0.5) is 5.69 Å². The summed E-state index contributed by atoms with van der Waals surface area (Å²) in [5, 5.41) is 12.4. The monoisotopic (exact) mass is 378 g/mol. The Kier molecular flexibility index (Phi) is 6.36. The van der Waals surface area contributed by atoms with Crippen molar-refractivity contribution < 1.29 is 23.1 Å². The van der Waals surface area contributed by atoms with Crippen LogP contribution in [0.2, 0.25) is 0 Å². The van der Waals surface area contributed by atoms with Gasteiger partial charge in [0.25, 0.3) is 5.91 Å². The molecular weight excluding hydrogens is 356 g/mol. The second-order valence-corrected chi connectivity index (χ2v) is 7.69. The lowest BCUT2D eigenvalue weighted by Crippen LogP contribution is -2.35. The van der Waals surface area contributed by atoms with E-state index < -0.39 is 15.9 Å². The third-order valence-electron chi connectivity index (χ3n) is 3.60. The Hall–Kier alpha value is -2.42. The Morgan fingerprint density at radius 2 is 1.85 bits per heavy atom. The predicted octanol–water partition coefficient (Wildman–Crippen LogP) is 2.27. The number of methoxy groups -OCH3 is 1. The normalized spacial score (nSPS) is 12.6. The second kappa shape index (κ2) is 8.31. The van der Waals surface area contributed by atoms with Crippen molar-refractivity contribution in [1.82, 2.24) is 4.72 Å². The number of hydrogen-bond donors (Lipinski definition) is 3. The molecule has 0 unspecified atom stereocenters. The van der Waals surface area contributed by atoms with Crippen LogP contribution in [0.5, 0.6) is 5.75 Å². The summed E-state index contributed by atoms with van der Waals surface area (Å²) in [5.41, 5.74) is 1.42. The van der Waals surface area contributed by atoms with Gasteiger partial charge in [0.2, 0.25) is 10.0 Å². The number of aryl methyl sites for hydroxylation is 1. The fourth-order valence-electron chi connectivity index (χ4n) is 2.34.